The largest absolute Gasteiger partial charge is 0.497 e. The maximum absolute atomic E-state index is 12.6. The highest BCUT2D eigenvalue weighted by Crippen LogP contribution is 2.24. The van der Waals surface area contributed by atoms with Gasteiger partial charge in [0.2, 0.25) is 5.09 Å². The molecule has 0 atom stereocenters. The summed E-state index contributed by atoms with van der Waals surface area (Å²) in [6.07, 6.45) is 1.67. The molecule has 0 saturated heterocycles. The minimum atomic E-state index is -3.83. The van der Waals surface area contributed by atoms with Crippen LogP contribution in [0.3, 0.4) is 0 Å². The average molecular weight is 395 g/mol. The van der Waals surface area contributed by atoms with E-state index in [9.17, 15) is 8.42 Å². The van der Waals surface area contributed by atoms with Crippen LogP contribution in [-0.2, 0) is 16.6 Å². The second-order valence-electron chi connectivity index (χ2n) is 6.03. The molecular formula is C20H17N3O4S. The molecule has 0 bridgehead atoms. The lowest BCUT2D eigenvalue weighted by atomic mass is 10.2. The Labute approximate surface area is 162 Å². The van der Waals surface area contributed by atoms with Crippen molar-refractivity contribution in [2.24, 2.45) is 0 Å². The van der Waals surface area contributed by atoms with Gasteiger partial charge < -0.3 is 9.15 Å². The van der Waals surface area contributed by atoms with E-state index in [0.29, 0.717) is 28.4 Å². The zero-order valence-corrected chi connectivity index (χ0v) is 15.8. The highest BCUT2D eigenvalue weighted by Gasteiger charge is 2.20. The lowest BCUT2D eigenvalue weighted by molar-refractivity contribution is 0.413. The molecule has 0 fully saturated rings. The van der Waals surface area contributed by atoms with E-state index in [2.05, 4.69) is 14.7 Å². The molecule has 0 aliphatic rings. The summed E-state index contributed by atoms with van der Waals surface area (Å²) in [4.78, 5) is 8.77. The monoisotopic (exact) mass is 395 g/mol. The molecule has 1 N–H and O–H groups in total. The van der Waals surface area contributed by atoms with Gasteiger partial charge in [-0.25, -0.2) is 18.1 Å². The van der Waals surface area contributed by atoms with E-state index >= 15 is 0 Å². The number of ether oxygens (including phenoxy) is 1. The number of fused-ring (bicyclic) bond motifs is 1. The number of hydrogen-bond acceptors (Lipinski definition) is 6. The second kappa shape index (κ2) is 7.41. The Morgan fingerprint density at radius 1 is 1.04 bits per heavy atom. The summed E-state index contributed by atoms with van der Waals surface area (Å²) in [7, 11) is -2.29. The number of pyridine rings is 2. The van der Waals surface area contributed by atoms with Gasteiger partial charge in [-0.1, -0.05) is 24.3 Å². The van der Waals surface area contributed by atoms with Crippen molar-refractivity contribution >= 4 is 21.0 Å². The lowest BCUT2D eigenvalue weighted by Gasteiger charge is -2.09. The van der Waals surface area contributed by atoms with Crippen LogP contribution < -0.4 is 9.46 Å². The minimum absolute atomic E-state index is 0.0174. The summed E-state index contributed by atoms with van der Waals surface area (Å²) < 4.78 is 38.5. The summed E-state index contributed by atoms with van der Waals surface area (Å²) in [5.74, 6) is 0.564. The molecule has 0 spiro atoms. The first kappa shape index (κ1) is 18.1. The Hall–Kier alpha value is -3.23. The van der Waals surface area contributed by atoms with Gasteiger partial charge >= 0.3 is 0 Å². The molecule has 8 heteroatoms. The zero-order valence-electron chi connectivity index (χ0n) is 15.0. The van der Waals surface area contributed by atoms with Gasteiger partial charge in [-0.2, -0.15) is 0 Å². The molecule has 142 valence electrons. The normalized spacial score (nSPS) is 11.6. The Bertz CT molecular complexity index is 1190. The first-order chi connectivity index (χ1) is 13.5. The Morgan fingerprint density at radius 3 is 2.61 bits per heavy atom. The number of furan rings is 1. The molecule has 0 radical (unpaired) electrons. The van der Waals surface area contributed by atoms with Gasteiger partial charge in [0.1, 0.15) is 11.3 Å². The number of sulfonamides is 1. The van der Waals surface area contributed by atoms with Gasteiger partial charge in [0.05, 0.1) is 30.7 Å². The fourth-order valence-electron chi connectivity index (χ4n) is 2.74. The molecule has 0 aliphatic heterocycles. The summed E-state index contributed by atoms with van der Waals surface area (Å²) in [5.41, 5.74) is 2.28. The van der Waals surface area contributed by atoms with E-state index < -0.39 is 10.0 Å². The van der Waals surface area contributed by atoms with Crippen LogP contribution >= 0.6 is 0 Å². The first-order valence-electron chi connectivity index (χ1n) is 8.50. The molecule has 0 amide bonds. The average Bonchev–Trinajstić information content (AvgIpc) is 3.18. The third kappa shape index (κ3) is 3.73. The number of nitrogens with zero attached hydrogens (tertiary/aromatic N) is 2. The third-order valence-corrected chi connectivity index (χ3v) is 5.38. The predicted octanol–water partition coefficient (Wildman–Crippen LogP) is 3.38. The van der Waals surface area contributed by atoms with Crippen molar-refractivity contribution in [3.8, 4) is 17.1 Å². The van der Waals surface area contributed by atoms with Gasteiger partial charge in [0, 0.05) is 29.8 Å². The highest BCUT2D eigenvalue weighted by atomic mass is 32.2. The topological polar surface area (TPSA) is 94.3 Å². The standard InChI is InChI=1S/C20H17N3O4S/c1-26-16-11-15(23-18(12-16)17-7-4-5-9-21-17)13-22-28(24,25)20-10-14-6-2-3-8-19(14)27-20/h2-12,22H,13H2,1H3. The number of hydrogen-bond donors (Lipinski definition) is 1. The van der Waals surface area contributed by atoms with Crippen molar-refractivity contribution < 1.29 is 17.6 Å². The zero-order chi connectivity index (χ0) is 19.6. The molecule has 3 aromatic heterocycles. The number of para-hydroxylation sites is 1. The fourth-order valence-corrected chi connectivity index (χ4v) is 3.71. The SMILES string of the molecule is COc1cc(CNS(=O)(=O)c2cc3ccccc3o2)nc(-c2ccccn2)c1. The van der Waals surface area contributed by atoms with Gasteiger partial charge in [0.25, 0.3) is 10.0 Å². The van der Waals surface area contributed by atoms with E-state index in [4.69, 9.17) is 9.15 Å². The van der Waals surface area contributed by atoms with Crippen molar-refractivity contribution in [3.63, 3.8) is 0 Å². The van der Waals surface area contributed by atoms with Crippen molar-refractivity contribution in [2.75, 3.05) is 7.11 Å². The maximum atomic E-state index is 12.6. The molecule has 7 nitrogen and oxygen atoms in total. The second-order valence-corrected chi connectivity index (χ2v) is 7.72. The molecular weight excluding hydrogens is 378 g/mol. The minimum Gasteiger partial charge on any atom is -0.497 e. The van der Waals surface area contributed by atoms with Crippen LogP contribution in [0.15, 0.2) is 76.4 Å². The number of rotatable bonds is 6. The van der Waals surface area contributed by atoms with Crippen LogP contribution in [0.2, 0.25) is 0 Å². The molecule has 0 saturated carbocycles. The lowest BCUT2D eigenvalue weighted by Crippen LogP contribution is -2.23. The molecule has 3 heterocycles. The van der Waals surface area contributed by atoms with Gasteiger partial charge in [-0.05, 0) is 18.2 Å². The summed E-state index contributed by atoms with van der Waals surface area (Å²) in [5, 5.41) is 0.585. The van der Waals surface area contributed by atoms with Crippen LogP contribution in [0.4, 0.5) is 0 Å². The van der Waals surface area contributed by atoms with E-state index in [0.717, 1.165) is 5.39 Å². The Kier molecular flexibility index (Phi) is 4.81. The van der Waals surface area contributed by atoms with Crippen molar-refractivity contribution in [3.05, 3.63) is 72.6 Å². The molecule has 4 rings (SSSR count). The van der Waals surface area contributed by atoms with Crippen molar-refractivity contribution in [1.29, 1.82) is 0 Å². The summed E-state index contributed by atoms with van der Waals surface area (Å²) >= 11 is 0. The van der Waals surface area contributed by atoms with Gasteiger partial charge in [-0.3, -0.25) is 4.98 Å². The van der Waals surface area contributed by atoms with Crippen LogP contribution in [0.1, 0.15) is 5.69 Å². The van der Waals surface area contributed by atoms with Gasteiger partial charge in [0.15, 0.2) is 0 Å². The maximum Gasteiger partial charge on any atom is 0.274 e. The number of methoxy groups -OCH3 is 1. The van der Waals surface area contributed by atoms with E-state index in [1.165, 1.54) is 6.07 Å². The van der Waals surface area contributed by atoms with E-state index in [1.807, 2.05) is 24.3 Å². The third-order valence-electron chi connectivity index (χ3n) is 4.13. The van der Waals surface area contributed by atoms with Gasteiger partial charge in [-0.15, -0.1) is 0 Å². The predicted molar refractivity (Wildman–Crippen MR) is 104 cm³/mol. The summed E-state index contributed by atoms with van der Waals surface area (Å²) in [6, 6.07) is 17.5. The van der Waals surface area contributed by atoms with Crippen molar-refractivity contribution in [2.45, 2.75) is 11.6 Å². The fraction of sp³-hybridized carbons (Fsp3) is 0.100. The van der Waals surface area contributed by atoms with Crippen LogP contribution in [0.5, 0.6) is 5.75 Å². The van der Waals surface area contributed by atoms with Crippen LogP contribution in [0.25, 0.3) is 22.4 Å². The smallest absolute Gasteiger partial charge is 0.274 e. The Morgan fingerprint density at radius 2 is 1.86 bits per heavy atom. The number of benzene rings is 1. The molecule has 0 aliphatic carbocycles. The number of aromatic nitrogens is 2. The van der Waals surface area contributed by atoms with E-state index in [1.54, 1.807) is 43.6 Å². The van der Waals surface area contributed by atoms with E-state index in [-0.39, 0.29) is 11.6 Å². The quantitative estimate of drug-likeness (QED) is 0.538. The number of nitrogens with one attached hydrogen (secondary N) is 1. The van der Waals surface area contributed by atoms with Crippen molar-refractivity contribution in [1.82, 2.24) is 14.7 Å². The highest BCUT2D eigenvalue weighted by molar-refractivity contribution is 7.89. The Balaban J connectivity index is 1.60. The van der Waals surface area contributed by atoms with Crippen LogP contribution in [0, 0.1) is 0 Å². The van der Waals surface area contributed by atoms with Crippen LogP contribution in [-0.4, -0.2) is 25.5 Å². The first-order valence-corrected chi connectivity index (χ1v) is 9.98. The molecule has 4 aromatic rings. The molecule has 0 unspecified atom stereocenters. The summed E-state index contributed by atoms with van der Waals surface area (Å²) in [6.45, 7) is -0.0174. The molecule has 28 heavy (non-hydrogen) atoms. The molecule has 1 aromatic carbocycles.